The van der Waals surface area contributed by atoms with Crippen molar-refractivity contribution in [3.63, 3.8) is 0 Å². The maximum absolute atomic E-state index is 11.1. The molecule has 1 aromatic carbocycles. The molecule has 1 aliphatic heterocycles. The first-order valence-corrected chi connectivity index (χ1v) is 4.47. The smallest absolute Gasteiger partial charge is 0.268 e. The lowest BCUT2D eigenvalue weighted by atomic mass is 10.2. The van der Waals surface area contributed by atoms with Gasteiger partial charge in [0.25, 0.3) is 0 Å². The van der Waals surface area contributed by atoms with E-state index in [1.165, 1.54) is 6.21 Å². The van der Waals surface area contributed by atoms with Crippen molar-refractivity contribution in [2.45, 2.75) is 0 Å². The molecule has 1 aromatic rings. The molecule has 0 unspecified atom stereocenters. The number of nitrogens with one attached hydrogen (secondary N) is 1. The molecule has 16 heavy (non-hydrogen) atoms. The van der Waals surface area contributed by atoms with Crippen molar-refractivity contribution in [1.29, 1.82) is 0 Å². The number of hydrogen-bond donors (Lipinski definition) is 1. The van der Waals surface area contributed by atoms with Crippen molar-refractivity contribution >= 4 is 24.1 Å². The van der Waals surface area contributed by atoms with Crippen LogP contribution in [0.3, 0.4) is 0 Å². The molecule has 0 radical (unpaired) electrons. The van der Waals surface area contributed by atoms with Gasteiger partial charge in [-0.25, -0.2) is 4.79 Å². The van der Waals surface area contributed by atoms with E-state index in [-0.39, 0.29) is 0 Å². The summed E-state index contributed by atoms with van der Waals surface area (Å²) in [5.74, 6) is -1.94. The highest BCUT2D eigenvalue weighted by molar-refractivity contribution is 6.44. The Hall–Kier alpha value is -2.50. The molecule has 80 valence electrons. The van der Waals surface area contributed by atoms with Crippen LogP contribution >= 0.6 is 0 Å². The predicted octanol–water partition coefficient (Wildman–Crippen LogP) is 0.0989. The zero-order valence-electron chi connectivity index (χ0n) is 8.08. The van der Waals surface area contributed by atoms with Crippen molar-refractivity contribution in [3.05, 3.63) is 35.9 Å². The number of rotatable bonds is 2. The van der Waals surface area contributed by atoms with Gasteiger partial charge in [-0.15, -0.1) is 5.01 Å². The minimum Gasteiger partial charge on any atom is -0.268 e. The molecule has 1 heterocycles. The standard InChI is InChI=1S/C10H7N3O3/c14-8-9(15)13(10(16)12-8)11-6-7-4-2-1-3-5-7/h1-6H,(H,12,14,16)/b11-6-. The zero-order valence-corrected chi connectivity index (χ0v) is 8.08. The monoisotopic (exact) mass is 217 g/mol. The van der Waals surface area contributed by atoms with E-state index < -0.39 is 17.8 Å². The van der Waals surface area contributed by atoms with Gasteiger partial charge >= 0.3 is 17.8 Å². The Bertz CT molecular complexity index is 481. The van der Waals surface area contributed by atoms with E-state index in [0.717, 1.165) is 5.56 Å². The summed E-state index contributed by atoms with van der Waals surface area (Å²) >= 11 is 0. The summed E-state index contributed by atoms with van der Waals surface area (Å²) in [6.45, 7) is 0. The summed E-state index contributed by atoms with van der Waals surface area (Å²) in [4.78, 5) is 33.0. The highest BCUT2D eigenvalue weighted by Crippen LogP contribution is 2.02. The summed E-state index contributed by atoms with van der Waals surface area (Å²) < 4.78 is 0. The number of nitrogens with zero attached hydrogens (tertiary/aromatic N) is 2. The lowest BCUT2D eigenvalue weighted by Gasteiger charge is -2.01. The summed E-state index contributed by atoms with van der Waals surface area (Å²) in [5.41, 5.74) is 0.724. The summed E-state index contributed by atoms with van der Waals surface area (Å²) in [7, 11) is 0. The maximum atomic E-state index is 11.1. The van der Waals surface area contributed by atoms with Crippen LogP contribution in [0.1, 0.15) is 5.56 Å². The molecule has 2 rings (SSSR count). The van der Waals surface area contributed by atoms with Crippen LogP contribution in [0.4, 0.5) is 4.79 Å². The third-order valence-electron chi connectivity index (χ3n) is 1.92. The number of carbonyl (C=O) groups excluding carboxylic acids is 3. The van der Waals surface area contributed by atoms with Crippen LogP contribution < -0.4 is 5.32 Å². The maximum Gasteiger partial charge on any atom is 0.352 e. The first kappa shape index (κ1) is 10.0. The number of hydrazone groups is 1. The van der Waals surface area contributed by atoms with Crippen molar-refractivity contribution in [2.24, 2.45) is 5.10 Å². The number of imide groups is 2. The van der Waals surface area contributed by atoms with E-state index in [0.29, 0.717) is 5.01 Å². The van der Waals surface area contributed by atoms with Crippen LogP contribution in [0, 0.1) is 0 Å². The van der Waals surface area contributed by atoms with Crippen LogP contribution in [0.15, 0.2) is 35.4 Å². The molecule has 0 aliphatic carbocycles. The Kier molecular flexibility index (Phi) is 2.47. The lowest BCUT2D eigenvalue weighted by Crippen LogP contribution is -2.25. The molecule has 1 aliphatic rings. The molecule has 1 N–H and O–H groups in total. The Morgan fingerprint density at radius 3 is 2.38 bits per heavy atom. The van der Waals surface area contributed by atoms with Gasteiger partial charge in [-0.1, -0.05) is 30.3 Å². The van der Waals surface area contributed by atoms with Crippen molar-refractivity contribution in [2.75, 3.05) is 0 Å². The number of urea groups is 1. The first-order chi connectivity index (χ1) is 7.68. The molecule has 0 atom stereocenters. The number of hydrogen-bond acceptors (Lipinski definition) is 4. The molecule has 6 heteroatoms. The first-order valence-electron chi connectivity index (χ1n) is 4.47. The van der Waals surface area contributed by atoms with Crippen LogP contribution in [-0.4, -0.2) is 29.1 Å². The summed E-state index contributed by atoms with van der Waals surface area (Å²) in [6.07, 6.45) is 1.33. The van der Waals surface area contributed by atoms with E-state index in [1.807, 2.05) is 11.4 Å². The van der Waals surface area contributed by atoms with Gasteiger partial charge in [-0.3, -0.25) is 14.9 Å². The molecule has 4 amide bonds. The minimum atomic E-state index is -0.975. The predicted molar refractivity (Wildman–Crippen MR) is 54.4 cm³/mol. The zero-order chi connectivity index (χ0) is 11.5. The summed E-state index contributed by atoms with van der Waals surface area (Å²) in [5, 5.41) is 5.96. The SMILES string of the molecule is O=C1NC(=O)N(/N=C\c2ccccc2)C1=O. The molecule has 0 spiro atoms. The second-order valence-electron chi connectivity index (χ2n) is 3.03. The highest BCUT2D eigenvalue weighted by atomic mass is 16.2. The number of carbonyl (C=O) groups is 3. The van der Waals surface area contributed by atoms with Gasteiger partial charge < -0.3 is 0 Å². The highest BCUT2D eigenvalue weighted by Gasteiger charge is 2.36. The van der Waals surface area contributed by atoms with Gasteiger partial charge in [0, 0.05) is 0 Å². The molecule has 1 fully saturated rings. The second kappa shape index (κ2) is 3.93. The van der Waals surface area contributed by atoms with Crippen LogP contribution in [0.25, 0.3) is 0 Å². The minimum absolute atomic E-state index is 0.495. The normalized spacial score (nSPS) is 16.0. The Balaban J connectivity index is 2.16. The third kappa shape index (κ3) is 1.81. The largest absolute Gasteiger partial charge is 0.352 e. The molecule has 0 aromatic heterocycles. The molecule has 0 saturated carbocycles. The van der Waals surface area contributed by atoms with Crippen LogP contribution in [0.5, 0.6) is 0 Å². The van der Waals surface area contributed by atoms with Crippen LogP contribution in [-0.2, 0) is 9.59 Å². The number of benzene rings is 1. The Morgan fingerprint density at radius 1 is 1.12 bits per heavy atom. The molecular weight excluding hydrogens is 210 g/mol. The topological polar surface area (TPSA) is 78.8 Å². The van der Waals surface area contributed by atoms with Crippen LogP contribution in [0.2, 0.25) is 0 Å². The molecule has 6 nitrogen and oxygen atoms in total. The van der Waals surface area contributed by atoms with E-state index in [4.69, 9.17) is 0 Å². The van der Waals surface area contributed by atoms with Crippen molar-refractivity contribution in [1.82, 2.24) is 10.3 Å². The second-order valence-corrected chi connectivity index (χ2v) is 3.03. The van der Waals surface area contributed by atoms with Crippen molar-refractivity contribution < 1.29 is 14.4 Å². The van der Waals surface area contributed by atoms with Gasteiger partial charge in [0.1, 0.15) is 0 Å². The fourth-order valence-electron chi connectivity index (χ4n) is 1.16. The average molecular weight is 217 g/mol. The fraction of sp³-hybridized carbons (Fsp3) is 0. The Labute approximate surface area is 90.5 Å². The van der Waals surface area contributed by atoms with E-state index in [2.05, 4.69) is 5.10 Å². The van der Waals surface area contributed by atoms with Gasteiger partial charge in [-0.05, 0) is 5.56 Å². The summed E-state index contributed by atoms with van der Waals surface area (Å²) in [6, 6.07) is 8.08. The Morgan fingerprint density at radius 2 is 1.81 bits per heavy atom. The lowest BCUT2D eigenvalue weighted by molar-refractivity contribution is -0.140. The van der Waals surface area contributed by atoms with Gasteiger partial charge in [-0.2, -0.15) is 5.10 Å². The quantitative estimate of drug-likeness (QED) is 0.433. The van der Waals surface area contributed by atoms with E-state index >= 15 is 0 Å². The molecule has 1 saturated heterocycles. The van der Waals surface area contributed by atoms with E-state index in [1.54, 1.807) is 24.3 Å². The van der Waals surface area contributed by atoms with Gasteiger partial charge in [0.15, 0.2) is 0 Å². The average Bonchev–Trinajstić information content (AvgIpc) is 2.53. The molecule has 0 bridgehead atoms. The number of amides is 4. The van der Waals surface area contributed by atoms with Crippen molar-refractivity contribution in [3.8, 4) is 0 Å². The van der Waals surface area contributed by atoms with E-state index in [9.17, 15) is 14.4 Å². The third-order valence-corrected chi connectivity index (χ3v) is 1.92. The molecular formula is C10H7N3O3. The fourth-order valence-corrected chi connectivity index (χ4v) is 1.16. The van der Waals surface area contributed by atoms with Gasteiger partial charge in [0.05, 0.1) is 6.21 Å². The van der Waals surface area contributed by atoms with Gasteiger partial charge in [0.2, 0.25) is 0 Å².